The molecule has 142 valence electrons. The first-order chi connectivity index (χ1) is 13.6. The van der Waals surface area contributed by atoms with Gasteiger partial charge in [0.05, 0.1) is 18.3 Å². The molecule has 0 radical (unpaired) electrons. The normalized spacial score (nSPS) is 11.6. The zero-order valence-electron chi connectivity index (χ0n) is 15.3. The average molecular weight is 394 g/mol. The van der Waals surface area contributed by atoms with E-state index < -0.39 is 5.25 Å². The van der Waals surface area contributed by atoms with Crippen LogP contribution in [0.25, 0.3) is 11.4 Å². The van der Waals surface area contributed by atoms with Crippen LogP contribution in [0.1, 0.15) is 12.5 Å². The maximum Gasteiger partial charge on any atom is 0.234 e. The second kappa shape index (κ2) is 9.20. The Morgan fingerprint density at radius 1 is 1.21 bits per heavy atom. The van der Waals surface area contributed by atoms with Gasteiger partial charge in [0.2, 0.25) is 5.91 Å². The highest BCUT2D eigenvalue weighted by molar-refractivity contribution is 8.00. The first kappa shape index (κ1) is 19.6. The molecule has 1 amide bonds. The predicted octanol–water partition coefficient (Wildman–Crippen LogP) is 3.36. The van der Waals surface area contributed by atoms with Gasteiger partial charge >= 0.3 is 0 Å². The molecule has 1 N–H and O–H groups in total. The van der Waals surface area contributed by atoms with Crippen molar-refractivity contribution in [3.05, 3.63) is 66.0 Å². The Hall–Kier alpha value is -3.11. The molecule has 2 aromatic carbocycles. The molecule has 1 unspecified atom stereocenters. The van der Waals surface area contributed by atoms with E-state index in [9.17, 15) is 9.18 Å². The molecular formula is C21H19FN4OS. The summed E-state index contributed by atoms with van der Waals surface area (Å²) in [6.07, 6.45) is 5.19. The average Bonchev–Trinajstić information content (AvgIpc) is 3.09. The number of carbonyl (C=O) groups excluding carboxylic acids is 1. The molecular weight excluding hydrogens is 375 g/mol. The first-order valence-corrected chi connectivity index (χ1v) is 9.57. The predicted molar refractivity (Wildman–Crippen MR) is 108 cm³/mol. The summed E-state index contributed by atoms with van der Waals surface area (Å²) in [7, 11) is 0. The van der Waals surface area contributed by atoms with Crippen LogP contribution in [0, 0.1) is 18.2 Å². The molecule has 0 spiro atoms. The van der Waals surface area contributed by atoms with Gasteiger partial charge in [-0.15, -0.1) is 16.6 Å². The number of amides is 1. The summed E-state index contributed by atoms with van der Waals surface area (Å²) in [6, 6.07) is 16.0. The van der Waals surface area contributed by atoms with Crippen molar-refractivity contribution in [1.82, 2.24) is 20.1 Å². The minimum absolute atomic E-state index is 0.166. The van der Waals surface area contributed by atoms with Gasteiger partial charge in [-0.1, -0.05) is 48.0 Å². The topological polar surface area (TPSA) is 59.8 Å². The van der Waals surface area contributed by atoms with Crippen LogP contribution in [0.2, 0.25) is 0 Å². The third-order valence-electron chi connectivity index (χ3n) is 4.02. The van der Waals surface area contributed by atoms with E-state index >= 15 is 0 Å². The summed E-state index contributed by atoms with van der Waals surface area (Å²) in [5, 5.41) is 11.4. The van der Waals surface area contributed by atoms with Crippen LogP contribution in [0.5, 0.6) is 0 Å². The van der Waals surface area contributed by atoms with Crippen LogP contribution in [-0.4, -0.2) is 32.5 Å². The molecule has 3 aromatic rings. The fraction of sp³-hybridized carbons (Fsp3) is 0.190. The summed E-state index contributed by atoms with van der Waals surface area (Å²) in [5.41, 5.74) is 1.82. The van der Waals surface area contributed by atoms with Gasteiger partial charge in [0.1, 0.15) is 5.82 Å². The van der Waals surface area contributed by atoms with Crippen molar-refractivity contribution < 1.29 is 9.18 Å². The molecule has 5 nitrogen and oxygen atoms in total. The van der Waals surface area contributed by atoms with Gasteiger partial charge in [-0.3, -0.25) is 9.36 Å². The number of terminal acetylenes is 1. The Bertz CT molecular complexity index is 980. The molecule has 0 aliphatic rings. The van der Waals surface area contributed by atoms with Crippen molar-refractivity contribution in [2.45, 2.75) is 23.9 Å². The van der Waals surface area contributed by atoms with E-state index in [4.69, 9.17) is 6.42 Å². The third-order valence-corrected chi connectivity index (χ3v) is 5.10. The largest absolute Gasteiger partial charge is 0.344 e. The number of hydrogen-bond donors (Lipinski definition) is 1. The number of halogens is 1. The number of thioether (sulfide) groups is 1. The molecule has 0 aliphatic carbocycles. The summed E-state index contributed by atoms with van der Waals surface area (Å²) >= 11 is 1.30. The Labute approximate surface area is 167 Å². The van der Waals surface area contributed by atoms with Crippen molar-refractivity contribution in [2.75, 3.05) is 6.54 Å². The lowest BCUT2D eigenvalue weighted by Gasteiger charge is -2.13. The van der Waals surface area contributed by atoms with E-state index in [1.165, 1.54) is 23.9 Å². The number of carbonyl (C=O) groups is 1. The summed E-state index contributed by atoms with van der Waals surface area (Å²) in [6.45, 7) is 2.50. The summed E-state index contributed by atoms with van der Waals surface area (Å²) < 4.78 is 15.2. The second-order valence-electron chi connectivity index (χ2n) is 6.07. The van der Waals surface area contributed by atoms with E-state index in [1.807, 2.05) is 34.9 Å². The molecule has 0 saturated carbocycles. The molecule has 0 saturated heterocycles. The fourth-order valence-corrected chi connectivity index (χ4v) is 3.46. The lowest BCUT2D eigenvalue weighted by molar-refractivity contribution is -0.120. The van der Waals surface area contributed by atoms with E-state index in [-0.39, 0.29) is 18.3 Å². The number of rotatable bonds is 7. The highest BCUT2D eigenvalue weighted by atomic mass is 32.2. The van der Waals surface area contributed by atoms with Crippen LogP contribution in [0.4, 0.5) is 4.39 Å². The Morgan fingerprint density at radius 3 is 2.61 bits per heavy atom. The zero-order chi connectivity index (χ0) is 19.9. The summed E-state index contributed by atoms with van der Waals surface area (Å²) in [4.78, 5) is 12.2. The number of nitrogens with zero attached hydrogens (tertiary/aromatic N) is 3. The minimum Gasteiger partial charge on any atom is -0.344 e. The van der Waals surface area contributed by atoms with Gasteiger partial charge in [0, 0.05) is 5.56 Å². The maximum absolute atomic E-state index is 13.3. The smallest absolute Gasteiger partial charge is 0.234 e. The van der Waals surface area contributed by atoms with Crippen molar-refractivity contribution in [3.8, 4) is 23.7 Å². The molecule has 1 atom stereocenters. The minimum atomic E-state index is -0.395. The lowest BCUT2D eigenvalue weighted by Crippen LogP contribution is -2.31. The van der Waals surface area contributed by atoms with Crippen LogP contribution >= 0.6 is 11.8 Å². The number of nitrogens with one attached hydrogen (secondary N) is 1. The van der Waals surface area contributed by atoms with Crippen LogP contribution in [-0.2, 0) is 11.3 Å². The molecule has 1 aromatic heterocycles. The number of aromatic nitrogens is 3. The van der Waals surface area contributed by atoms with E-state index in [1.54, 1.807) is 19.1 Å². The Balaban J connectivity index is 1.92. The SMILES string of the molecule is C#CCNC(=O)C(C)Sc1nnc(-c2ccc(F)cc2)n1Cc1ccccc1. The molecule has 0 fully saturated rings. The standard InChI is InChI=1S/C21H19FN4OS/c1-3-13-23-20(27)15(2)28-21-25-24-19(17-9-11-18(22)12-10-17)26(21)14-16-7-5-4-6-8-16/h1,4-12,15H,13-14H2,2H3,(H,23,27). The molecule has 0 aliphatic heterocycles. The van der Waals surface area contributed by atoms with E-state index in [0.717, 1.165) is 11.1 Å². The Kier molecular flexibility index (Phi) is 6.45. The van der Waals surface area contributed by atoms with Gasteiger partial charge < -0.3 is 5.32 Å². The highest BCUT2D eigenvalue weighted by Crippen LogP contribution is 2.28. The maximum atomic E-state index is 13.3. The van der Waals surface area contributed by atoms with Crippen LogP contribution in [0.15, 0.2) is 59.8 Å². The second-order valence-corrected chi connectivity index (χ2v) is 7.37. The number of hydrogen-bond acceptors (Lipinski definition) is 4. The van der Waals surface area contributed by atoms with Crippen molar-refractivity contribution in [3.63, 3.8) is 0 Å². The van der Waals surface area contributed by atoms with E-state index in [2.05, 4.69) is 21.4 Å². The van der Waals surface area contributed by atoms with Gasteiger partial charge in [-0.25, -0.2) is 4.39 Å². The first-order valence-electron chi connectivity index (χ1n) is 8.69. The monoisotopic (exact) mass is 394 g/mol. The highest BCUT2D eigenvalue weighted by Gasteiger charge is 2.21. The quantitative estimate of drug-likeness (QED) is 0.493. The van der Waals surface area contributed by atoms with Crippen molar-refractivity contribution in [1.29, 1.82) is 0 Å². The molecule has 28 heavy (non-hydrogen) atoms. The molecule has 1 heterocycles. The van der Waals surface area contributed by atoms with Gasteiger partial charge in [0.15, 0.2) is 11.0 Å². The van der Waals surface area contributed by atoms with Gasteiger partial charge in [-0.2, -0.15) is 0 Å². The van der Waals surface area contributed by atoms with Crippen LogP contribution < -0.4 is 5.32 Å². The van der Waals surface area contributed by atoms with Crippen molar-refractivity contribution >= 4 is 17.7 Å². The van der Waals surface area contributed by atoms with E-state index in [0.29, 0.717) is 17.5 Å². The van der Waals surface area contributed by atoms with Gasteiger partial charge in [0.25, 0.3) is 0 Å². The van der Waals surface area contributed by atoms with Gasteiger partial charge in [-0.05, 0) is 36.8 Å². The van der Waals surface area contributed by atoms with Crippen molar-refractivity contribution in [2.24, 2.45) is 0 Å². The molecule has 3 rings (SSSR count). The number of benzene rings is 2. The molecule has 7 heteroatoms. The fourth-order valence-electron chi connectivity index (χ4n) is 2.59. The molecule has 0 bridgehead atoms. The van der Waals surface area contributed by atoms with Crippen LogP contribution in [0.3, 0.4) is 0 Å². The lowest BCUT2D eigenvalue weighted by atomic mass is 10.2. The zero-order valence-corrected chi connectivity index (χ0v) is 16.1. The Morgan fingerprint density at radius 2 is 1.93 bits per heavy atom. The third kappa shape index (κ3) is 4.78. The summed E-state index contributed by atoms with van der Waals surface area (Å²) in [5.74, 6) is 2.52.